The molecule has 1 aromatic carbocycles. The maximum absolute atomic E-state index is 11.0. The minimum absolute atomic E-state index is 0.389. The van der Waals surface area contributed by atoms with Crippen molar-refractivity contribution in [1.82, 2.24) is 0 Å². The minimum Gasteiger partial charge on any atom is -0.349 e. The summed E-state index contributed by atoms with van der Waals surface area (Å²) >= 11 is 1.64. The highest BCUT2D eigenvalue weighted by Gasteiger charge is 2.24. The lowest BCUT2D eigenvalue weighted by Crippen LogP contribution is -1.97. The molecule has 1 N–H and O–H groups in total. The van der Waals surface area contributed by atoms with Crippen molar-refractivity contribution in [1.29, 1.82) is 0 Å². The van der Waals surface area contributed by atoms with Gasteiger partial charge >= 0.3 is 8.03 Å². The summed E-state index contributed by atoms with van der Waals surface area (Å²) in [6, 6.07) is 9.93. The lowest BCUT2D eigenvalue weighted by Gasteiger charge is -1.97. The summed E-state index contributed by atoms with van der Waals surface area (Å²) in [4.78, 5) is 1.16. The van der Waals surface area contributed by atoms with Gasteiger partial charge in [0.2, 0.25) is 0 Å². The molecule has 0 saturated heterocycles. The normalized spacial score (nSPS) is 13.6. The van der Waals surface area contributed by atoms with Crippen molar-refractivity contribution < 1.29 is 14.2 Å². The van der Waals surface area contributed by atoms with Crippen LogP contribution in [0.15, 0.2) is 35.2 Å². The number of hydrogen-bond acceptors (Lipinski definition) is 4. The van der Waals surface area contributed by atoms with E-state index in [1.807, 2.05) is 30.3 Å². The highest BCUT2D eigenvalue weighted by molar-refractivity contribution is 7.99. The van der Waals surface area contributed by atoms with Crippen LogP contribution in [0.25, 0.3) is 0 Å². The summed E-state index contributed by atoms with van der Waals surface area (Å²) in [6.07, 6.45) is 0. The molecule has 0 radical (unpaired) electrons. The minimum atomic E-state index is -1.93. The summed E-state index contributed by atoms with van der Waals surface area (Å²) in [6.45, 7) is 1.85. The fourth-order valence-electron chi connectivity index (χ4n) is 0.911. The number of thioether (sulfide) groups is 1. The molecule has 0 aliphatic heterocycles. The average Bonchev–Trinajstić information content (AvgIpc) is 2.25. The topological polar surface area (TPSA) is 46.5 Å². The van der Waals surface area contributed by atoms with Crippen LogP contribution in [-0.2, 0) is 9.09 Å². The number of hydrogen-bond donors (Lipinski definition) is 1. The van der Waals surface area contributed by atoms with Crippen molar-refractivity contribution in [3.63, 3.8) is 0 Å². The maximum Gasteiger partial charge on any atom is 0.539 e. The Balaban J connectivity index is 2.15. The van der Waals surface area contributed by atoms with E-state index in [-0.39, 0.29) is 0 Å². The summed E-state index contributed by atoms with van der Waals surface area (Å²) in [7, 11) is -1.93. The molecular weight excluding hydrogens is 231 g/mol. The molecule has 2 atom stereocenters. The Morgan fingerprint density at radius 2 is 2.13 bits per heavy atom. The molecule has 0 spiro atoms. The zero-order valence-corrected chi connectivity index (χ0v) is 10.2. The van der Waals surface area contributed by atoms with Gasteiger partial charge in [-0.05, 0) is 16.7 Å². The second-order valence-corrected chi connectivity index (χ2v) is 5.66. The van der Waals surface area contributed by atoms with E-state index in [2.05, 4.69) is 0 Å². The zero-order valence-electron chi connectivity index (χ0n) is 8.50. The predicted molar refractivity (Wildman–Crippen MR) is 62.4 cm³/mol. The number of rotatable bonds is 6. The van der Waals surface area contributed by atoms with Crippen molar-refractivity contribution in [2.75, 3.05) is 12.4 Å². The first-order chi connectivity index (χ1) is 7.20. The van der Waals surface area contributed by atoms with Gasteiger partial charge in [-0.15, -0.1) is 16.3 Å². The molecule has 0 aliphatic rings. The molecular formula is C10H14O3PS+. The molecule has 0 heterocycles. The van der Waals surface area contributed by atoms with Crippen LogP contribution in [0.1, 0.15) is 6.92 Å². The third-order valence-electron chi connectivity index (χ3n) is 1.62. The maximum atomic E-state index is 11.0. The van der Waals surface area contributed by atoms with E-state index in [9.17, 15) is 4.57 Å². The van der Waals surface area contributed by atoms with Crippen molar-refractivity contribution in [3.05, 3.63) is 30.3 Å². The Morgan fingerprint density at radius 3 is 2.73 bits per heavy atom. The van der Waals surface area contributed by atoms with E-state index in [1.165, 1.54) is 6.92 Å². The fraction of sp³-hybridized carbons (Fsp3) is 0.400. The highest BCUT2D eigenvalue weighted by atomic mass is 32.2. The van der Waals surface area contributed by atoms with Crippen molar-refractivity contribution in [2.45, 2.75) is 17.7 Å². The monoisotopic (exact) mass is 245 g/mol. The largest absolute Gasteiger partial charge is 0.539 e. The molecule has 0 saturated carbocycles. The second-order valence-electron chi connectivity index (χ2n) is 2.91. The fourth-order valence-corrected chi connectivity index (χ4v) is 2.27. The van der Waals surface area contributed by atoms with Crippen molar-refractivity contribution in [2.24, 2.45) is 0 Å². The van der Waals surface area contributed by atoms with Gasteiger partial charge in [0, 0.05) is 17.6 Å². The van der Waals surface area contributed by atoms with Crippen LogP contribution in [0.3, 0.4) is 0 Å². The second kappa shape index (κ2) is 6.96. The van der Waals surface area contributed by atoms with E-state index in [1.54, 1.807) is 11.8 Å². The molecule has 0 fully saturated rings. The Labute approximate surface area is 94.7 Å². The zero-order chi connectivity index (χ0) is 11.1. The molecule has 0 aromatic heterocycles. The smallest absolute Gasteiger partial charge is 0.349 e. The van der Waals surface area contributed by atoms with Crippen molar-refractivity contribution in [3.8, 4) is 0 Å². The Bertz CT molecular complexity index is 303. The summed E-state index contributed by atoms with van der Waals surface area (Å²) < 4.78 is 16.0. The first kappa shape index (κ1) is 12.7. The van der Waals surface area contributed by atoms with Crippen LogP contribution < -0.4 is 0 Å². The first-order valence-corrected chi connectivity index (χ1v) is 6.88. The molecule has 0 amide bonds. The number of benzene rings is 1. The van der Waals surface area contributed by atoms with Crippen LogP contribution in [-0.4, -0.2) is 23.3 Å². The molecule has 0 bridgehead atoms. The van der Waals surface area contributed by atoms with Crippen LogP contribution in [0.5, 0.6) is 0 Å². The molecule has 1 rings (SSSR count). The lowest BCUT2D eigenvalue weighted by molar-refractivity contribution is 0.237. The lowest BCUT2D eigenvalue weighted by atomic mass is 10.4. The molecule has 82 valence electrons. The van der Waals surface area contributed by atoms with Crippen LogP contribution >= 0.6 is 19.8 Å². The molecule has 1 aromatic rings. The molecule has 5 heteroatoms. The molecule has 2 unspecified atom stereocenters. The van der Waals surface area contributed by atoms with E-state index >= 15 is 0 Å². The third-order valence-corrected chi connectivity index (χ3v) is 3.64. The Morgan fingerprint density at radius 1 is 1.47 bits per heavy atom. The standard InChI is InChI=1S/C10H14O3PS/c1-9(11)14(12)13-7-8-15-10-5-3-2-4-6-10/h2-6,9,11H,7-8H2,1H3/q+1. The van der Waals surface area contributed by atoms with Gasteiger partial charge in [-0.1, -0.05) is 18.2 Å². The highest BCUT2D eigenvalue weighted by Crippen LogP contribution is 2.27. The van der Waals surface area contributed by atoms with E-state index in [0.717, 1.165) is 10.6 Å². The predicted octanol–water partition coefficient (Wildman–Crippen LogP) is 2.88. The number of aliphatic hydroxyl groups excluding tert-OH is 1. The Hall–Kier alpha value is -0.410. The van der Waals surface area contributed by atoms with Gasteiger partial charge in [-0.2, -0.15) is 0 Å². The Kier molecular flexibility index (Phi) is 5.88. The SMILES string of the molecule is CC(O)[P+](=O)OCCSc1ccccc1. The molecule has 15 heavy (non-hydrogen) atoms. The van der Waals surface area contributed by atoms with Crippen LogP contribution in [0, 0.1) is 0 Å². The van der Waals surface area contributed by atoms with Gasteiger partial charge in [0.1, 0.15) is 6.61 Å². The van der Waals surface area contributed by atoms with Crippen LogP contribution in [0.2, 0.25) is 0 Å². The van der Waals surface area contributed by atoms with Gasteiger partial charge < -0.3 is 5.11 Å². The van der Waals surface area contributed by atoms with E-state index < -0.39 is 13.9 Å². The van der Waals surface area contributed by atoms with E-state index in [0.29, 0.717) is 6.61 Å². The van der Waals surface area contributed by atoms with Gasteiger partial charge in [-0.3, -0.25) is 0 Å². The van der Waals surface area contributed by atoms with Crippen molar-refractivity contribution >= 4 is 19.8 Å². The van der Waals surface area contributed by atoms with E-state index in [4.69, 9.17) is 9.63 Å². The quantitative estimate of drug-likeness (QED) is 0.475. The summed E-state index contributed by atoms with van der Waals surface area (Å²) in [5.41, 5.74) is 0. The van der Waals surface area contributed by atoms with Gasteiger partial charge in [-0.25, -0.2) is 0 Å². The van der Waals surface area contributed by atoms with Crippen LogP contribution in [0.4, 0.5) is 0 Å². The third kappa shape index (κ3) is 5.28. The summed E-state index contributed by atoms with van der Waals surface area (Å²) in [5.74, 6) is -0.153. The molecule has 0 aliphatic carbocycles. The first-order valence-electron chi connectivity index (χ1n) is 4.65. The van der Waals surface area contributed by atoms with Gasteiger partial charge in [0.05, 0.1) is 0 Å². The van der Waals surface area contributed by atoms with Gasteiger partial charge in [0.15, 0.2) is 0 Å². The average molecular weight is 245 g/mol. The molecule has 3 nitrogen and oxygen atoms in total. The van der Waals surface area contributed by atoms with Gasteiger partial charge in [0.25, 0.3) is 5.85 Å². The number of aliphatic hydroxyl groups is 1. The summed E-state index contributed by atoms with van der Waals surface area (Å²) in [5, 5.41) is 8.92.